The monoisotopic (exact) mass is 593 g/mol. The highest BCUT2D eigenvalue weighted by molar-refractivity contribution is 7.07. The zero-order valence-corrected chi connectivity index (χ0v) is 24.7. The van der Waals surface area contributed by atoms with Gasteiger partial charge in [0.1, 0.15) is 12.4 Å². The molecule has 4 rings (SSSR count). The lowest BCUT2D eigenvalue weighted by Gasteiger charge is -2.25. The van der Waals surface area contributed by atoms with Gasteiger partial charge in [-0.25, -0.2) is 9.79 Å². The van der Waals surface area contributed by atoms with Crippen molar-refractivity contribution in [2.75, 3.05) is 20.3 Å². The smallest absolute Gasteiger partial charge is 0.338 e. The molecule has 2 aromatic carbocycles. The number of allylic oxidation sites excluding steroid dienone is 1. The second-order valence-corrected chi connectivity index (χ2v) is 10.5. The standard InChI is InChI=1S/C30H31N3O8S/c1-7-13-40-27-20(14-21(33(36)37)16-23(27)38-6)15-24-28(34)32-26(19-9-11-22(12-10-19)39-8-2)25(29(35)41-17(3)4)18(5)31-30(32)42-24/h7,9-12,14-17,26H,1,8,13H2,2-6H3/b24-15-/t26-/m0/s1. The molecule has 0 spiro atoms. The number of hydrogen-bond acceptors (Lipinski definition) is 10. The van der Waals surface area contributed by atoms with Crippen LogP contribution in [0.2, 0.25) is 0 Å². The second kappa shape index (κ2) is 12.9. The molecule has 0 N–H and O–H groups in total. The van der Waals surface area contributed by atoms with E-state index in [0.717, 1.165) is 11.3 Å². The summed E-state index contributed by atoms with van der Waals surface area (Å²) >= 11 is 1.09. The van der Waals surface area contributed by atoms with Crippen LogP contribution in [0.4, 0.5) is 5.69 Å². The number of rotatable bonds is 11. The second-order valence-electron chi connectivity index (χ2n) is 9.46. The number of thiazole rings is 1. The number of carbonyl (C=O) groups is 1. The molecule has 1 aromatic heterocycles. The Hall–Kier alpha value is -4.71. The van der Waals surface area contributed by atoms with Crippen LogP contribution in [0.5, 0.6) is 17.2 Å². The number of nitro benzene ring substituents is 1. The van der Waals surface area contributed by atoms with E-state index in [1.807, 2.05) is 6.92 Å². The van der Waals surface area contributed by atoms with Crippen LogP contribution in [0.3, 0.4) is 0 Å². The van der Waals surface area contributed by atoms with Crippen LogP contribution < -0.4 is 29.1 Å². The molecule has 0 amide bonds. The Morgan fingerprint density at radius 3 is 2.55 bits per heavy atom. The van der Waals surface area contributed by atoms with Crippen LogP contribution in [0.15, 0.2) is 70.1 Å². The molecule has 11 nitrogen and oxygen atoms in total. The maximum atomic E-state index is 14.0. The predicted molar refractivity (Wildman–Crippen MR) is 158 cm³/mol. The third kappa shape index (κ3) is 6.13. The van der Waals surface area contributed by atoms with E-state index >= 15 is 0 Å². The summed E-state index contributed by atoms with van der Waals surface area (Å²) in [6.45, 7) is 11.3. The first-order chi connectivity index (χ1) is 20.1. The molecule has 2 heterocycles. The number of ether oxygens (including phenoxy) is 4. The molecular weight excluding hydrogens is 562 g/mol. The molecule has 0 radical (unpaired) electrons. The fraction of sp³-hybridized carbons (Fsp3) is 0.300. The highest BCUT2D eigenvalue weighted by atomic mass is 32.1. The summed E-state index contributed by atoms with van der Waals surface area (Å²) in [6, 6.07) is 8.85. The van der Waals surface area contributed by atoms with Crippen molar-refractivity contribution in [3.8, 4) is 17.2 Å². The number of methoxy groups -OCH3 is 1. The topological polar surface area (TPSA) is 131 Å². The maximum Gasteiger partial charge on any atom is 0.338 e. The predicted octanol–water partition coefficient (Wildman–Crippen LogP) is 4.07. The molecule has 0 fully saturated rings. The molecule has 0 saturated carbocycles. The maximum absolute atomic E-state index is 14.0. The summed E-state index contributed by atoms with van der Waals surface area (Å²) in [6.07, 6.45) is 2.63. The highest BCUT2D eigenvalue weighted by Crippen LogP contribution is 2.36. The van der Waals surface area contributed by atoms with Crippen molar-refractivity contribution in [3.05, 3.63) is 101 Å². The van der Waals surface area contributed by atoms with Crippen LogP contribution in [-0.4, -0.2) is 41.9 Å². The van der Waals surface area contributed by atoms with Crippen molar-refractivity contribution in [2.45, 2.75) is 39.8 Å². The molecule has 42 heavy (non-hydrogen) atoms. The summed E-state index contributed by atoms with van der Waals surface area (Å²) in [5, 5.41) is 11.6. The Kier molecular flexibility index (Phi) is 9.26. The molecule has 0 unspecified atom stereocenters. The van der Waals surface area contributed by atoms with Gasteiger partial charge in [-0.15, -0.1) is 0 Å². The van der Waals surface area contributed by atoms with Gasteiger partial charge in [-0.2, -0.15) is 0 Å². The van der Waals surface area contributed by atoms with Crippen LogP contribution in [-0.2, 0) is 9.53 Å². The lowest BCUT2D eigenvalue weighted by molar-refractivity contribution is -0.385. The van der Waals surface area contributed by atoms with Gasteiger partial charge in [0.2, 0.25) is 0 Å². The minimum atomic E-state index is -0.832. The number of esters is 1. The van der Waals surface area contributed by atoms with Crippen molar-refractivity contribution in [1.29, 1.82) is 0 Å². The van der Waals surface area contributed by atoms with Gasteiger partial charge in [0, 0.05) is 11.6 Å². The third-order valence-electron chi connectivity index (χ3n) is 6.22. The SMILES string of the molecule is C=CCOc1c(/C=c2\sc3n(c2=O)[C@@H](c2ccc(OCC)cc2)C(C(=O)OC(C)C)=C(C)N=3)cc([N+](=O)[O-])cc1OC. The van der Waals surface area contributed by atoms with Gasteiger partial charge < -0.3 is 18.9 Å². The van der Waals surface area contributed by atoms with Gasteiger partial charge in [0.25, 0.3) is 11.2 Å². The van der Waals surface area contributed by atoms with Gasteiger partial charge in [0.05, 0.1) is 52.7 Å². The summed E-state index contributed by atoms with van der Waals surface area (Å²) < 4.78 is 23.9. The van der Waals surface area contributed by atoms with E-state index in [1.165, 1.54) is 36.0 Å². The largest absolute Gasteiger partial charge is 0.494 e. The zero-order chi connectivity index (χ0) is 30.6. The number of nitrogens with zero attached hydrogens (tertiary/aromatic N) is 3. The lowest BCUT2D eigenvalue weighted by Crippen LogP contribution is -2.40. The lowest BCUT2D eigenvalue weighted by atomic mass is 9.96. The molecule has 12 heteroatoms. The third-order valence-corrected chi connectivity index (χ3v) is 7.21. The average Bonchev–Trinajstić information content (AvgIpc) is 3.25. The van der Waals surface area contributed by atoms with Gasteiger partial charge in [-0.05, 0) is 51.5 Å². The Balaban J connectivity index is 1.97. The molecule has 220 valence electrons. The number of fused-ring (bicyclic) bond motifs is 1. The number of carbonyl (C=O) groups excluding carboxylic acids is 1. The molecular formula is C30H31N3O8S. The van der Waals surface area contributed by atoms with E-state index in [9.17, 15) is 19.7 Å². The van der Waals surface area contributed by atoms with E-state index in [-0.39, 0.29) is 45.6 Å². The Bertz CT molecular complexity index is 1740. The zero-order valence-electron chi connectivity index (χ0n) is 23.9. The molecule has 0 bridgehead atoms. The summed E-state index contributed by atoms with van der Waals surface area (Å²) in [5.74, 6) is 0.413. The average molecular weight is 594 g/mol. The van der Waals surface area contributed by atoms with Crippen LogP contribution in [0.1, 0.15) is 44.9 Å². The molecule has 1 atom stereocenters. The van der Waals surface area contributed by atoms with Crippen molar-refractivity contribution >= 4 is 29.1 Å². The van der Waals surface area contributed by atoms with Crippen molar-refractivity contribution in [2.24, 2.45) is 4.99 Å². The first-order valence-corrected chi connectivity index (χ1v) is 14.0. The summed E-state index contributed by atoms with van der Waals surface area (Å²) in [5.41, 5.74) is 0.890. The van der Waals surface area contributed by atoms with Crippen molar-refractivity contribution in [3.63, 3.8) is 0 Å². The Labute approximate surface area is 245 Å². The van der Waals surface area contributed by atoms with Crippen LogP contribution >= 0.6 is 11.3 Å². The number of benzene rings is 2. The fourth-order valence-electron chi connectivity index (χ4n) is 4.50. The van der Waals surface area contributed by atoms with Gasteiger partial charge in [-0.3, -0.25) is 19.5 Å². The van der Waals surface area contributed by atoms with E-state index in [1.54, 1.807) is 45.0 Å². The fourth-order valence-corrected chi connectivity index (χ4v) is 5.54. The molecule has 0 aliphatic carbocycles. The van der Waals surface area contributed by atoms with Gasteiger partial charge >= 0.3 is 5.97 Å². The first-order valence-electron chi connectivity index (χ1n) is 13.2. The van der Waals surface area contributed by atoms with E-state index < -0.39 is 22.5 Å². The summed E-state index contributed by atoms with van der Waals surface area (Å²) in [7, 11) is 1.37. The molecule has 1 aliphatic rings. The number of non-ortho nitro benzene ring substituents is 1. The quantitative estimate of drug-likeness (QED) is 0.141. The number of aromatic nitrogens is 1. The summed E-state index contributed by atoms with van der Waals surface area (Å²) in [4.78, 5) is 43.4. The number of nitro groups is 1. The van der Waals surface area contributed by atoms with Crippen molar-refractivity contribution in [1.82, 2.24) is 4.57 Å². The Morgan fingerprint density at radius 1 is 1.24 bits per heavy atom. The van der Waals surface area contributed by atoms with Crippen LogP contribution in [0, 0.1) is 10.1 Å². The molecule has 1 aliphatic heterocycles. The van der Waals surface area contributed by atoms with E-state index in [4.69, 9.17) is 18.9 Å². The Morgan fingerprint density at radius 2 is 1.95 bits per heavy atom. The minimum Gasteiger partial charge on any atom is -0.494 e. The van der Waals surface area contributed by atoms with Crippen molar-refractivity contribution < 1.29 is 28.7 Å². The normalized spacial score (nSPS) is 14.7. The minimum absolute atomic E-state index is 0.106. The van der Waals surface area contributed by atoms with Gasteiger partial charge in [0.15, 0.2) is 16.3 Å². The highest BCUT2D eigenvalue weighted by Gasteiger charge is 2.34. The molecule has 0 saturated heterocycles. The molecule has 3 aromatic rings. The number of hydrogen-bond donors (Lipinski definition) is 0. The van der Waals surface area contributed by atoms with Crippen LogP contribution in [0.25, 0.3) is 6.08 Å². The van der Waals surface area contributed by atoms with E-state index in [2.05, 4.69) is 11.6 Å². The van der Waals surface area contributed by atoms with E-state index in [0.29, 0.717) is 28.4 Å². The van der Waals surface area contributed by atoms with Gasteiger partial charge in [-0.1, -0.05) is 36.1 Å². The first kappa shape index (κ1) is 30.3.